The molecule has 2 aliphatic rings. The third kappa shape index (κ3) is 9.46. The van der Waals surface area contributed by atoms with Gasteiger partial charge in [-0.3, -0.25) is 0 Å². The SMILES string of the molecule is CC.CC.CN1CCN(CCCN2CCN(C)CC2)CC1. The molecule has 0 amide bonds. The highest BCUT2D eigenvalue weighted by Gasteiger charge is 2.15. The molecule has 0 atom stereocenters. The lowest BCUT2D eigenvalue weighted by Crippen LogP contribution is -2.47. The van der Waals surface area contributed by atoms with E-state index in [-0.39, 0.29) is 0 Å². The maximum absolute atomic E-state index is 2.62. The molecule has 0 unspecified atom stereocenters. The summed E-state index contributed by atoms with van der Waals surface area (Å²) in [6.45, 7) is 20.6. The molecule has 0 aromatic heterocycles. The first-order chi connectivity index (χ1) is 10.2. The molecule has 0 aromatic rings. The normalized spacial score (nSPS) is 22.0. The van der Waals surface area contributed by atoms with Crippen molar-refractivity contribution in [1.29, 1.82) is 0 Å². The molecule has 128 valence electrons. The van der Waals surface area contributed by atoms with Gasteiger partial charge in [-0.25, -0.2) is 0 Å². The predicted octanol–water partition coefficient (Wildman–Crippen LogP) is 1.92. The van der Waals surface area contributed by atoms with Crippen LogP contribution in [0.3, 0.4) is 0 Å². The molecular weight excluding hydrogens is 260 g/mol. The Kier molecular flexibility index (Phi) is 13.4. The van der Waals surface area contributed by atoms with Crippen molar-refractivity contribution in [3.63, 3.8) is 0 Å². The van der Waals surface area contributed by atoms with E-state index < -0.39 is 0 Å². The highest BCUT2D eigenvalue weighted by Crippen LogP contribution is 2.03. The largest absolute Gasteiger partial charge is 0.304 e. The summed E-state index contributed by atoms with van der Waals surface area (Å²) in [5.41, 5.74) is 0. The second-order valence-electron chi connectivity index (χ2n) is 5.64. The highest BCUT2D eigenvalue weighted by atomic mass is 15.3. The molecule has 2 fully saturated rings. The molecule has 2 aliphatic heterocycles. The number of likely N-dealkylation sites (N-methyl/N-ethyl adjacent to an activating group) is 2. The first kappa shape index (κ1) is 20.8. The van der Waals surface area contributed by atoms with Gasteiger partial charge in [-0.1, -0.05) is 27.7 Å². The Bertz CT molecular complexity index is 185. The van der Waals surface area contributed by atoms with Gasteiger partial charge in [0, 0.05) is 52.4 Å². The Morgan fingerprint density at radius 2 is 0.810 bits per heavy atom. The van der Waals surface area contributed by atoms with Crippen LogP contribution in [0.2, 0.25) is 0 Å². The zero-order valence-corrected chi connectivity index (χ0v) is 15.6. The minimum absolute atomic E-state index is 1.24. The fraction of sp³-hybridized carbons (Fsp3) is 1.00. The van der Waals surface area contributed by atoms with E-state index in [1.165, 1.54) is 71.9 Å². The second kappa shape index (κ2) is 13.5. The molecule has 0 spiro atoms. The van der Waals surface area contributed by atoms with E-state index in [1.54, 1.807) is 0 Å². The molecule has 0 saturated carbocycles. The molecule has 0 aliphatic carbocycles. The first-order valence-corrected chi connectivity index (χ1v) is 9.06. The molecule has 2 saturated heterocycles. The zero-order valence-electron chi connectivity index (χ0n) is 15.6. The lowest BCUT2D eigenvalue weighted by molar-refractivity contribution is 0.128. The van der Waals surface area contributed by atoms with Crippen molar-refractivity contribution in [2.45, 2.75) is 34.1 Å². The van der Waals surface area contributed by atoms with Gasteiger partial charge in [-0.2, -0.15) is 0 Å². The average Bonchev–Trinajstić information content (AvgIpc) is 2.55. The number of nitrogens with zero attached hydrogens (tertiary/aromatic N) is 4. The average molecular weight is 301 g/mol. The molecule has 4 heteroatoms. The molecule has 21 heavy (non-hydrogen) atoms. The van der Waals surface area contributed by atoms with Gasteiger partial charge in [0.25, 0.3) is 0 Å². The molecule has 0 radical (unpaired) electrons. The second-order valence-corrected chi connectivity index (χ2v) is 5.64. The van der Waals surface area contributed by atoms with Gasteiger partial charge in [0.1, 0.15) is 0 Å². The summed E-state index contributed by atoms with van der Waals surface area (Å²) in [4.78, 5) is 10.1. The van der Waals surface area contributed by atoms with Gasteiger partial charge in [0.15, 0.2) is 0 Å². The van der Waals surface area contributed by atoms with Crippen LogP contribution >= 0.6 is 0 Å². The first-order valence-electron chi connectivity index (χ1n) is 9.06. The molecular formula is C17H40N4. The standard InChI is InChI=1S/C13H28N4.2C2H6/c1-14-6-10-16(11-7-14)4-3-5-17-12-8-15(2)9-13-17;2*1-2/h3-13H2,1-2H3;2*1-2H3. The predicted molar refractivity (Wildman–Crippen MR) is 95.2 cm³/mol. The van der Waals surface area contributed by atoms with E-state index in [2.05, 4.69) is 33.7 Å². The van der Waals surface area contributed by atoms with Gasteiger partial charge in [-0.15, -0.1) is 0 Å². The molecule has 0 bridgehead atoms. The summed E-state index contributed by atoms with van der Waals surface area (Å²) in [5.74, 6) is 0. The summed E-state index contributed by atoms with van der Waals surface area (Å²) in [6, 6.07) is 0. The minimum atomic E-state index is 1.24. The van der Waals surface area contributed by atoms with Crippen molar-refractivity contribution in [1.82, 2.24) is 19.6 Å². The van der Waals surface area contributed by atoms with E-state index in [0.29, 0.717) is 0 Å². The Morgan fingerprint density at radius 3 is 1.10 bits per heavy atom. The van der Waals surface area contributed by atoms with Crippen LogP contribution in [-0.4, -0.2) is 99.1 Å². The summed E-state index contributed by atoms with van der Waals surface area (Å²) in [7, 11) is 4.45. The molecule has 4 nitrogen and oxygen atoms in total. The fourth-order valence-electron chi connectivity index (χ4n) is 2.66. The highest BCUT2D eigenvalue weighted by molar-refractivity contribution is 4.72. The van der Waals surface area contributed by atoms with Gasteiger partial charge < -0.3 is 19.6 Å². The number of hydrogen-bond acceptors (Lipinski definition) is 4. The Balaban J connectivity index is 0.000000921. The van der Waals surface area contributed by atoms with Crippen LogP contribution in [0.4, 0.5) is 0 Å². The van der Waals surface area contributed by atoms with Gasteiger partial charge in [0.2, 0.25) is 0 Å². The molecule has 0 aromatic carbocycles. The van der Waals surface area contributed by atoms with Gasteiger partial charge in [-0.05, 0) is 33.6 Å². The van der Waals surface area contributed by atoms with E-state index in [9.17, 15) is 0 Å². The van der Waals surface area contributed by atoms with Crippen LogP contribution in [0.25, 0.3) is 0 Å². The number of hydrogen-bond donors (Lipinski definition) is 0. The van der Waals surface area contributed by atoms with E-state index in [0.717, 1.165) is 0 Å². The van der Waals surface area contributed by atoms with Gasteiger partial charge in [0.05, 0.1) is 0 Å². The topological polar surface area (TPSA) is 13.0 Å². The quantitative estimate of drug-likeness (QED) is 0.786. The van der Waals surface area contributed by atoms with E-state index >= 15 is 0 Å². The van der Waals surface area contributed by atoms with Gasteiger partial charge >= 0.3 is 0 Å². The van der Waals surface area contributed by atoms with Crippen molar-refractivity contribution < 1.29 is 0 Å². The molecule has 0 N–H and O–H groups in total. The minimum Gasteiger partial charge on any atom is -0.304 e. The third-order valence-corrected chi connectivity index (χ3v) is 4.14. The van der Waals surface area contributed by atoms with Crippen LogP contribution in [-0.2, 0) is 0 Å². The lowest BCUT2D eigenvalue weighted by atomic mass is 10.2. The Labute approximate surface area is 134 Å². The number of rotatable bonds is 4. The number of piperazine rings is 2. The molecule has 2 rings (SSSR count). The van der Waals surface area contributed by atoms with Crippen molar-refractivity contribution in [3.05, 3.63) is 0 Å². The van der Waals surface area contributed by atoms with Crippen molar-refractivity contribution in [2.24, 2.45) is 0 Å². The van der Waals surface area contributed by atoms with Crippen molar-refractivity contribution in [3.8, 4) is 0 Å². The summed E-state index contributed by atoms with van der Waals surface area (Å²) < 4.78 is 0. The Morgan fingerprint density at radius 1 is 0.524 bits per heavy atom. The van der Waals surface area contributed by atoms with Crippen molar-refractivity contribution >= 4 is 0 Å². The lowest BCUT2D eigenvalue weighted by Gasteiger charge is -2.34. The van der Waals surface area contributed by atoms with Crippen LogP contribution in [0.15, 0.2) is 0 Å². The van der Waals surface area contributed by atoms with Crippen molar-refractivity contribution in [2.75, 3.05) is 79.5 Å². The van der Waals surface area contributed by atoms with E-state index in [1.807, 2.05) is 27.7 Å². The van der Waals surface area contributed by atoms with Crippen LogP contribution in [0.5, 0.6) is 0 Å². The zero-order chi connectivity index (χ0) is 16.1. The Hall–Kier alpha value is -0.160. The summed E-state index contributed by atoms with van der Waals surface area (Å²) in [5, 5.41) is 0. The monoisotopic (exact) mass is 300 g/mol. The van der Waals surface area contributed by atoms with E-state index in [4.69, 9.17) is 0 Å². The van der Waals surface area contributed by atoms with Crippen LogP contribution in [0, 0.1) is 0 Å². The summed E-state index contributed by atoms with van der Waals surface area (Å²) >= 11 is 0. The maximum atomic E-state index is 2.62. The smallest absolute Gasteiger partial charge is 0.0110 e. The molecule has 2 heterocycles. The fourth-order valence-corrected chi connectivity index (χ4v) is 2.66. The van der Waals surface area contributed by atoms with Crippen LogP contribution < -0.4 is 0 Å². The maximum Gasteiger partial charge on any atom is 0.0110 e. The summed E-state index contributed by atoms with van der Waals surface area (Å²) in [6.07, 6.45) is 1.34. The van der Waals surface area contributed by atoms with Crippen LogP contribution in [0.1, 0.15) is 34.1 Å². The third-order valence-electron chi connectivity index (χ3n) is 4.14.